The molecular formula is C15H14F3N. The molecule has 1 heterocycles. The van der Waals surface area contributed by atoms with E-state index in [9.17, 15) is 13.2 Å². The number of alkyl halides is 3. The Morgan fingerprint density at radius 2 is 1.68 bits per heavy atom. The van der Waals surface area contributed by atoms with Crippen molar-refractivity contribution in [1.29, 1.82) is 0 Å². The molecule has 0 unspecified atom stereocenters. The molecule has 1 aromatic carbocycles. The van der Waals surface area contributed by atoms with Gasteiger partial charge in [-0.1, -0.05) is 25.5 Å². The molecule has 0 saturated carbocycles. The highest BCUT2D eigenvalue weighted by Gasteiger charge is 2.29. The van der Waals surface area contributed by atoms with Crippen molar-refractivity contribution >= 4 is 0 Å². The highest BCUT2D eigenvalue weighted by molar-refractivity contribution is 5.63. The van der Waals surface area contributed by atoms with Crippen LogP contribution >= 0.6 is 0 Å². The van der Waals surface area contributed by atoms with E-state index in [2.05, 4.69) is 11.9 Å². The van der Waals surface area contributed by atoms with E-state index in [-0.39, 0.29) is 0 Å². The number of aryl methyl sites for hydroxylation is 1. The first-order valence-corrected chi connectivity index (χ1v) is 6.13. The number of rotatable bonds is 3. The Balaban J connectivity index is 2.29. The Kier molecular flexibility index (Phi) is 3.88. The molecule has 0 bridgehead atoms. The van der Waals surface area contributed by atoms with Gasteiger partial charge in [-0.05, 0) is 41.8 Å². The van der Waals surface area contributed by atoms with Crippen molar-refractivity contribution in [2.45, 2.75) is 25.9 Å². The molecule has 2 aromatic rings. The zero-order valence-electron chi connectivity index (χ0n) is 10.5. The second-order valence-corrected chi connectivity index (χ2v) is 4.36. The van der Waals surface area contributed by atoms with Gasteiger partial charge >= 0.3 is 6.18 Å². The van der Waals surface area contributed by atoms with Gasteiger partial charge in [-0.15, -0.1) is 0 Å². The van der Waals surface area contributed by atoms with Gasteiger partial charge in [-0.2, -0.15) is 13.2 Å². The predicted molar refractivity (Wildman–Crippen MR) is 68.7 cm³/mol. The lowest BCUT2D eigenvalue weighted by molar-refractivity contribution is -0.137. The van der Waals surface area contributed by atoms with E-state index in [1.54, 1.807) is 6.20 Å². The largest absolute Gasteiger partial charge is 0.416 e. The third-order valence-electron chi connectivity index (χ3n) is 2.87. The van der Waals surface area contributed by atoms with Gasteiger partial charge in [0.2, 0.25) is 0 Å². The van der Waals surface area contributed by atoms with E-state index in [0.29, 0.717) is 0 Å². The van der Waals surface area contributed by atoms with Crippen molar-refractivity contribution in [1.82, 2.24) is 4.98 Å². The summed E-state index contributed by atoms with van der Waals surface area (Å²) in [5.41, 5.74) is 2.00. The summed E-state index contributed by atoms with van der Waals surface area (Å²) < 4.78 is 37.4. The monoisotopic (exact) mass is 265 g/mol. The Labute approximate surface area is 110 Å². The number of nitrogens with zero attached hydrogens (tertiary/aromatic N) is 1. The van der Waals surface area contributed by atoms with E-state index in [1.807, 2.05) is 12.1 Å². The van der Waals surface area contributed by atoms with Crippen LogP contribution in [0, 0.1) is 0 Å². The Hall–Kier alpha value is -1.84. The van der Waals surface area contributed by atoms with Crippen LogP contribution in [0.5, 0.6) is 0 Å². The first kappa shape index (κ1) is 13.6. The van der Waals surface area contributed by atoms with Gasteiger partial charge < -0.3 is 0 Å². The fourth-order valence-corrected chi connectivity index (χ4v) is 1.90. The third-order valence-corrected chi connectivity index (χ3v) is 2.87. The second kappa shape index (κ2) is 5.43. The SMILES string of the molecule is CCCc1cc(-c2ccc(C(F)(F)F)cc2)ccn1. The summed E-state index contributed by atoms with van der Waals surface area (Å²) in [5, 5.41) is 0. The van der Waals surface area contributed by atoms with E-state index in [4.69, 9.17) is 0 Å². The van der Waals surface area contributed by atoms with Gasteiger partial charge in [-0.3, -0.25) is 4.98 Å². The van der Waals surface area contributed by atoms with Crippen LogP contribution in [0.15, 0.2) is 42.6 Å². The minimum absolute atomic E-state index is 0.626. The van der Waals surface area contributed by atoms with Gasteiger partial charge in [0.25, 0.3) is 0 Å². The Morgan fingerprint density at radius 1 is 1.00 bits per heavy atom. The van der Waals surface area contributed by atoms with Crippen molar-refractivity contribution in [2.75, 3.05) is 0 Å². The summed E-state index contributed by atoms with van der Waals surface area (Å²) in [6, 6.07) is 8.93. The average molecular weight is 265 g/mol. The molecule has 0 radical (unpaired) electrons. The van der Waals surface area contributed by atoms with Crippen molar-refractivity contribution in [2.24, 2.45) is 0 Å². The van der Waals surface area contributed by atoms with Crippen molar-refractivity contribution in [3.8, 4) is 11.1 Å². The topological polar surface area (TPSA) is 12.9 Å². The van der Waals surface area contributed by atoms with E-state index in [0.717, 1.165) is 41.8 Å². The van der Waals surface area contributed by atoms with Gasteiger partial charge in [0.1, 0.15) is 0 Å². The van der Waals surface area contributed by atoms with Crippen LogP contribution in [0.1, 0.15) is 24.6 Å². The first-order valence-electron chi connectivity index (χ1n) is 6.13. The zero-order valence-corrected chi connectivity index (χ0v) is 10.5. The fourth-order valence-electron chi connectivity index (χ4n) is 1.90. The lowest BCUT2D eigenvalue weighted by Gasteiger charge is -2.08. The summed E-state index contributed by atoms with van der Waals surface area (Å²) in [5.74, 6) is 0. The minimum atomic E-state index is -4.29. The van der Waals surface area contributed by atoms with Crippen LogP contribution in [0.4, 0.5) is 13.2 Å². The van der Waals surface area contributed by atoms with Gasteiger partial charge in [0.15, 0.2) is 0 Å². The summed E-state index contributed by atoms with van der Waals surface area (Å²) >= 11 is 0. The number of aromatic nitrogens is 1. The Morgan fingerprint density at radius 3 is 2.26 bits per heavy atom. The summed E-state index contributed by atoms with van der Waals surface area (Å²) in [4.78, 5) is 4.23. The van der Waals surface area contributed by atoms with Gasteiger partial charge in [0, 0.05) is 11.9 Å². The van der Waals surface area contributed by atoms with Crippen molar-refractivity contribution < 1.29 is 13.2 Å². The average Bonchev–Trinajstić information content (AvgIpc) is 2.39. The number of pyridine rings is 1. The van der Waals surface area contributed by atoms with Crippen LogP contribution < -0.4 is 0 Å². The highest BCUT2D eigenvalue weighted by atomic mass is 19.4. The number of halogens is 3. The Bertz CT molecular complexity index is 544. The molecule has 0 amide bonds. The van der Waals surface area contributed by atoms with Crippen LogP contribution in [0.25, 0.3) is 11.1 Å². The first-order chi connectivity index (χ1) is 9.00. The third kappa shape index (κ3) is 3.34. The maximum absolute atomic E-state index is 12.5. The molecule has 0 aliphatic heterocycles. The molecule has 2 rings (SSSR count). The van der Waals surface area contributed by atoms with E-state index in [1.165, 1.54) is 12.1 Å². The molecular weight excluding hydrogens is 251 g/mol. The van der Waals surface area contributed by atoms with Crippen molar-refractivity contribution in [3.05, 3.63) is 53.9 Å². The standard InChI is InChI=1S/C15H14F3N/c1-2-3-14-10-12(8-9-19-14)11-4-6-13(7-5-11)15(16,17)18/h4-10H,2-3H2,1H3. The molecule has 4 heteroatoms. The zero-order chi connectivity index (χ0) is 13.9. The van der Waals surface area contributed by atoms with Crippen LogP contribution in [-0.2, 0) is 12.6 Å². The molecule has 0 aliphatic carbocycles. The highest BCUT2D eigenvalue weighted by Crippen LogP contribution is 2.31. The number of hydrogen-bond donors (Lipinski definition) is 0. The van der Waals surface area contributed by atoms with E-state index < -0.39 is 11.7 Å². The fraction of sp³-hybridized carbons (Fsp3) is 0.267. The lowest BCUT2D eigenvalue weighted by Crippen LogP contribution is -2.04. The molecule has 0 aliphatic rings. The predicted octanol–water partition coefficient (Wildman–Crippen LogP) is 4.72. The number of hydrogen-bond acceptors (Lipinski definition) is 1. The summed E-state index contributed by atoms with van der Waals surface area (Å²) in [6.07, 6.45) is -0.736. The smallest absolute Gasteiger partial charge is 0.261 e. The maximum atomic E-state index is 12.5. The molecule has 0 fully saturated rings. The summed E-state index contributed by atoms with van der Waals surface area (Å²) in [7, 11) is 0. The normalized spacial score (nSPS) is 11.6. The van der Waals surface area contributed by atoms with Gasteiger partial charge in [0.05, 0.1) is 5.56 Å². The minimum Gasteiger partial charge on any atom is -0.261 e. The van der Waals surface area contributed by atoms with E-state index >= 15 is 0 Å². The molecule has 0 saturated heterocycles. The van der Waals surface area contributed by atoms with Gasteiger partial charge in [-0.25, -0.2) is 0 Å². The van der Waals surface area contributed by atoms with Crippen LogP contribution in [-0.4, -0.2) is 4.98 Å². The molecule has 1 nitrogen and oxygen atoms in total. The molecule has 1 aromatic heterocycles. The molecule has 0 spiro atoms. The molecule has 0 N–H and O–H groups in total. The number of benzene rings is 1. The molecule has 0 atom stereocenters. The second-order valence-electron chi connectivity index (χ2n) is 4.36. The summed E-state index contributed by atoms with van der Waals surface area (Å²) in [6.45, 7) is 2.06. The molecule has 19 heavy (non-hydrogen) atoms. The molecule has 100 valence electrons. The maximum Gasteiger partial charge on any atom is 0.416 e. The quantitative estimate of drug-likeness (QED) is 0.782. The van der Waals surface area contributed by atoms with Crippen molar-refractivity contribution in [3.63, 3.8) is 0 Å². The lowest BCUT2D eigenvalue weighted by atomic mass is 10.0. The van der Waals surface area contributed by atoms with Crippen LogP contribution in [0.2, 0.25) is 0 Å². The van der Waals surface area contributed by atoms with Crippen LogP contribution in [0.3, 0.4) is 0 Å².